The summed E-state index contributed by atoms with van der Waals surface area (Å²) in [7, 11) is 0. The van der Waals surface area contributed by atoms with Gasteiger partial charge in [-0.25, -0.2) is 4.39 Å². The van der Waals surface area contributed by atoms with E-state index in [0.29, 0.717) is 0 Å². The van der Waals surface area contributed by atoms with Crippen molar-refractivity contribution in [3.63, 3.8) is 0 Å². The molecule has 1 saturated carbocycles. The maximum absolute atomic E-state index is 11.9. The van der Waals surface area contributed by atoms with Gasteiger partial charge in [0.1, 0.15) is 6.67 Å². The molecule has 0 aromatic heterocycles. The Balaban J connectivity index is 2.56. The molecular formula is C7H9FO. The molecule has 1 rings (SSSR count). The van der Waals surface area contributed by atoms with Crippen LogP contribution in [0, 0.1) is 18.3 Å². The van der Waals surface area contributed by atoms with Crippen LogP contribution < -0.4 is 0 Å². The monoisotopic (exact) mass is 128 g/mol. The van der Waals surface area contributed by atoms with Crippen molar-refractivity contribution in [1.82, 2.24) is 0 Å². The van der Waals surface area contributed by atoms with E-state index in [1.165, 1.54) is 0 Å². The average Bonchev–Trinajstić information content (AvgIpc) is 2.68. The van der Waals surface area contributed by atoms with E-state index in [1.807, 2.05) is 0 Å². The predicted molar refractivity (Wildman–Crippen MR) is 32.5 cm³/mol. The highest BCUT2D eigenvalue weighted by molar-refractivity contribution is 5.14. The molecule has 0 aromatic rings. The van der Waals surface area contributed by atoms with E-state index >= 15 is 0 Å². The number of terminal acetylenes is 1. The van der Waals surface area contributed by atoms with Gasteiger partial charge in [0, 0.05) is 5.92 Å². The fourth-order valence-electron chi connectivity index (χ4n) is 0.826. The molecule has 1 nitrogen and oxygen atoms in total. The number of hydrogen-bond acceptors (Lipinski definition) is 1. The second-order valence-corrected chi connectivity index (χ2v) is 2.48. The van der Waals surface area contributed by atoms with Gasteiger partial charge in [0.25, 0.3) is 0 Å². The SMILES string of the molecule is C#CC(O)(CF)C1CC1. The largest absolute Gasteiger partial charge is 0.375 e. The normalized spacial score (nSPS) is 24.6. The number of alkyl halides is 1. The van der Waals surface area contributed by atoms with Crippen molar-refractivity contribution in [2.75, 3.05) is 6.67 Å². The fraction of sp³-hybridized carbons (Fsp3) is 0.714. The maximum Gasteiger partial charge on any atom is 0.156 e. The Morgan fingerprint density at radius 1 is 1.78 bits per heavy atom. The van der Waals surface area contributed by atoms with Gasteiger partial charge < -0.3 is 5.11 Å². The Morgan fingerprint density at radius 3 is 2.44 bits per heavy atom. The van der Waals surface area contributed by atoms with E-state index in [1.54, 1.807) is 0 Å². The zero-order valence-corrected chi connectivity index (χ0v) is 5.10. The van der Waals surface area contributed by atoms with Crippen molar-refractivity contribution in [2.24, 2.45) is 5.92 Å². The van der Waals surface area contributed by atoms with E-state index in [0.717, 1.165) is 12.8 Å². The molecule has 1 atom stereocenters. The van der Waals surface area contributed by atoms with Crippen molar-refractivity contribution in [2.45, 2.75) is 18.4 Å². The Bertz CT molecular complexity index is 145. The first kappa shape index (κ1) is 6.57. The summed E-state index contributed by atoms with van der Waals surface area (Å²) in [5.41, 5.74) is -1.44. The lowest BCUT2D eigenvalue weighted by atomic mass is 10.0. The van der Waals surface area contributed by atoms with Crippen LogP contribution in [0.25, 0.3) is 0 Å². The summed E-state index contributed by atoms with van der Waals surface area (Å²) in [6.45, 7) is -0.811. The Kier molecular flexibility index (Phi) is 1.46. The summed E-state index contributed by atoms with van der Waals surface area (Å²) < 4.78 is 11.9. The van der Waals surface area contributed by atoms with E-state index < -0.39 is 12.3 Å². The highest BCUT2D eigenvalue weighted by Gasteiger charge is 2.42. The van der Waals surface area contributed by atoms with Gasteiger partial charge >= 0.3 is 0 Å². The van der Waals surface area contributed by atoms with Gasteiger partial charge in [-0.05, 0) is 12.8 Å². The van der Waals surface area contributed by atoms with Crippen LogP contribution in [-0.2, 0) is 0 Å². The molecule has 0 aromatic carbocycles. The van der Waals surface area contributed by atoms with Crippen LogP contribution in [0.3, 0.4) is 0 Å². The standard InChI is InChI=1S/C7H9FO/c1-2-7(9,5-8)6-3-4-6/h1,6,9H,3-5H2. The van der Waals surface area contributed by atoms with E-state index in [-0.39, 0.29) is 5.92 Å². The molecule has 0 heterocycles. The van der Waals surface area contributed by atoms with Crippen LogP contribution in [0.5, 0.6) is 0 Å². The molecule has 50 valence electrons. The summed E-state index contributed by atoms with van der Waals surface area (Å²) in [5.74, 6) is 2.09. The lowest BCUT2D eigenvalue weighted by molar-refractivity contribution is 0.0505. The summed E-state index contributed by atoms with van der Waals surface area (Å²) in [6, 6.07) is 0. The highest BCUT2D eigenvalue weighted by atomic mass is 19.1. The molecule has 0 spiro atoms. The van der Waals surface area contributed by atoms with Crippen LogP contribution in [0.15, 0.2) is 0 Å². The molecule has 0 saturated heterocycles. The van der Waals surface area contributed by atoms with Gasteiger partial charge in [-0.15, -0.1) is 6.42 Å². The zero-order chi connectivity index (χ0) is 6.91. The Hall–Kier alpha value is -0.550. The summed E-state index contributed by atoms with van der Waals surface area (Å²) in [5, 5.41) is 9.16. The Labute approximate surface area is 53.9 Å². The minimum Gasteiger partial charge on any atom is -0.375 e. The molecule has 2 heteroatoms. The van der Waals surface area contributed by atoms with Crippen molar-refractivity contribution in [3.8, 4) is 12.3 Å². The van der Waals surface area contributed by atoms with Crippen LogP contribution in [-0.4, -0.2) is 17.4 Å². The summed E-state index contributed by atoms with van der Waals surface area (Å²) >= 11 is 0. The van der Waals surface area contributed by atoms with Gasteiger partial charge in [0.2, 0.25) is 0 Å². The molecule has 0 aliphatic heterocycles. The number of halogens is 1. The Morgan fingerprint density at radius 2 is 2.33 bits per heavy atom. The van der Waals surface area contributed by atoms with Gasteiger partial charge in [-0.1, -0.05) is 5.92 Å². The first-order chi connectivity index (χ1) is 4.23. The molecule has 1 aliphatic carbocycles. The molecule has 1 N–H and O–H groups in total. The molecule has 9 heavy (non-hydrogen) atoms. The lowest BCUT2D eigenvalue weighted by Crippen LogP contribution is -2.31. The second kappa shape index (κ2) is 2.00. The van der Waals surface area contributed by atoms with Gasteiger partial charge in [0.05, 0.1) is 0 Å². The van der Waals surface area contributed by atoms with Gasteiger partial charge in [0.15, 0.2) is 5.60 Å². The number of rotatable bonds is 2. The first-order valence-electron chi connectivity index (χ1n) is 2.99. The van der Waals surface area contributed by atoms with Crippen LogP contribution in [0.1, 0.15) is 12.8 Å². The first-order valence-corrected chi connectivity index (χ1v) is 2.99. The number of aliphatic hydroxyl groups is 1. The van der Waals surface area contributed by atoms with E-state index in [2.05, 4.69) is 5.92 Å². The highest BCUT2D eigenvalue weighted by Crippen LogP contribution is 2.39. The minimum absolute atomic E-state index is 0.0208. The van der Waals surface area contributed by atoms with Crippen LogP contribution >= 0.6 is 0 Å². The van der Waals surface area contributed by atoms with Crippen molar-refractivity contribution in [1.29, 1.82) is 0 Å². The number of hydrogen-bond donors (Lipinski definition) is 1. The predicted octanol–water partition coefficient (Wildman–Crippen LogP) is 0.730. The van der Waals surface area contributed by atoms with E-state index in [9.17, 15) is 4.39 Å². The molecule has 0 amide bonds. The smallest absolute Gasteiger partial charge is 0.156 e. The average molecular weight is 128 g/mol. The van der Waals surface area contributed by atoms with Gasteiger partial charge in [-0.2, -0.15) is 0 Å². The molecule has 0 radical (unpaired) electrons. The van der Waals surface area contributed by atoms with Gasteiger partial charge in [-0.3, -0.25) is 0 Å². The van der Waals surface area contributed by atoms with Crippen LogP contribution in [0.4, 0.5) is 4.39 Å². The van der Waals surface area contributed by atoms with E-state index in [4.69, 9.17) is 11.5 Å². The fourth-order valence-corrected chi connectivity index (χ4v) is 0.826. The summed E-state index contributed by atoms with van der Waals surface area (Å²) in [6.07, 6.45) is 6.65. The zero-order valence-electron chi connectivity index (χ0n) is 5.10. The van der Waals surface area contributed by atoms with Crippen molar-refractivity contribution in [3.05, 3.63) is 0 Å². The third-order valence-electron chi connectivity index (χ3n) is 1.71. The molecule has 1 aliphatic rings. The maximum atomic E-state index is 11.9. The quantitative estimate of drug-likeness (QED) is 0.543. The third-order valence-corrected chi connectivity index (χ3v) is 1.71. The lowest BCUT2D eigenvalue weighted by Gasteiger charge is -2.15. The molecular weight excluding hydrogens is 119 g/mol. The van der Waals surface area contributed by atoms with Crippen molar-refractivity contribution < 1.29 is 9.50 Å². The third kappa shape index (κ3) is 1.06. The molecule has 1 fully saturated rings. The molecule has 1 unspecified atom stereocenters. The topological polar surface area (TPSA) is 20.2 Å². The van der Waals surface area contributed by atoms with Crippen molar-refractivity contribution >= 4 is 0 Å². The van der Waals surface area contributed by atoms with Crippen LogP contribution in [0.2, 0.25) is 0 Å². The second-order valence-electron chi connectivity index (χ2n) is 2.48. The minimum atomic E-state index is -1.44. The molecule has 0 bridgehead atoms. The summed E-state index contributed by atoms with van der Waals surface area (Å²) in [4.78, 5) is 0.